The van der Waals surface area contributed by atoms with Gasteiger partial charge in [0.2, 0.25) is 0 Å². The third kappa shape index (κ3) is 5.35. The first kappa shape index (κ1) is 21.2. The number of aromatic nitrogens is 3. The zero-order chi connectivity index (χ0) is 22.2. The lowest BCUT2D eigenvalue weighted by atomic mass is 10.1. The smallest absolute Gasteiger partial charge is 0.110 e. The predicted molar refractivity (Wildman–Crippen MR) is 129 cm³/mol. The molecule has 4 rings (SSSR count). The number of hydrogen-bond donors (Lipinski definition) is 1. The molecule has 2 aromatic carbocycles. The lowest BCUT2D eigenvalue weighted by Gasteiger charge is -2.10. The van der Waals surface area contributed by atoms with Crippen LogP contribution in [0.2, 0.25) is 0 Å². The van der Waals surface area contributed by atoms with Crippen molar-refractivity contribution in [1.29, 1.82) is 0 Å². The molecule has 6 nitrogen and oxygen atoms in total. The number of fused-ring (bicyclic) bond motifs is 1. The van der Waals surface area contributed by atoms with E-state index in [0.29, 0.717) is 5.70 Å². The lowest BCUT2D eigenvalue weighted by Crippen LogP contribution is -2.07. The number of nitrogens with one attached hydrogen (secondary N) is 1. The molecule has 0 radical (unpaired) electrons. The average molecular weight is 424 g/mol. The molecule has 0 saturated heterocycles. The molecular weight excluding hydrogens is 398 g/mol. The van der Waals surface area contributed by atoms with E-state index in [1.54, 1.807) is 12.3 Å². The highest BCUT2D eigenvalue weighted by atomic mass is 16.3. The maximum atomic E-state index is 10.3. The van der Waals surface area contributed by atoms with Gasteiger partial charge in [-0.1, -0.05) is 55.1 Å². The molecular formula is C26H25N5O. The highest BCUT2D eigenvalue weighted by molar-refractivity contribution is 5.79. The molecule has 0 atom stereocenters. The summed E-state index contributed by atoms with van der Waals surface area (Å²) in [7, 11) is 0. The van der Waals surface area contributed by atoms with Gasteiger partial charge in [-0.2, -0.15) is 0 Å². The SMILES string of the molecule is C=C(/C=C/c1ccc2c(c1)nc(CCc1ccccc1)n2CCc1cccnc1)NN=O. The largest absolute Gasteiger partial charge is 0.328 e. The number of pyridine rings is 1. The topological polar surface area (TPSA) is 72.2 Å². The number of allylic oxidation sites excluding steroid dienone is 1. The van der Waals surface area contributed by atoms with Crippen LogP contribution in [0.25, 0.3) is 17.1 Å². The van der Waals surface area contributed by atoms with Crippen LogP contribution in [0, 0.1) is 4.91 Å². The molecule has 2 heterocycles. The first-order valence-corrected chi connectivity index (χ1v) is 10.6. The number of aryl methyl sites for hydroxylation is 4. The van der Waals surface area contributed by atoms with Crippen LogP contribution >= 0.6 is 0 Å². The molecule has 2 aromatic heterocycles. The summed E-state index contributed by atoms with van der Waals surface area (Å²) in [5.74, 6) is 1.07. The molecule has 32 heavy (non-hydrogen) atoms. The van der Waals surface area contributed by atoms with E-state index >= 15 is 0 Å². The van der Waals surface area contributed by atoms with Gasteiger partial charge in [-0.3, -0.25) is 4.98 Å². The van der Waals surface area contributed by atoms with Gasteiger partial charge >= 0.3 is 0 Å². The van der Waals surface area contributed by atoms with Crippen molar-refractivity contribution < 1.29 is 0 Å². The number of imidazole rings is 1. The number of hydrogen-bond acceptors (Lipinski definition) is 4. The summed E-state index contributed by atoms with van der Waals surface area (Å²) in [5.41, 5.74) is 8.29. The van der Waals surface area contributed by atoms with Crippen molar-refractivity contribution in [2.45, 2.75) is 25.8 Å². The van der Waals surface area contributed by atoms with Crippen LogP contribution < -0.4 is 5.43 Å². The molecule has 0 spiro atoms. The Morgan fingerprint density at radius 3 is 2.66 bits per heavy atom. The van der Waals surface area contributed by atoms with Crippen molar-refractivity contribution in [2.24, 2.45) is 5.29 Å². The van der Waals surface area contributed by atoms with Crippen LogP contribution in [0.1, 0.15) is 22.5 Å². The van der Waals surface area contributed by atoms with Crippen molar-refractivity contribution in [1.82, 2.24) is 20.0 Å². The number of rotatable bonds is 10. The Bertz CT molecular complexity index is 1230. The quantitative estimate of drug-likeness (QED) is 0.215. The summed E-state index contributed by atoms with van der Waals surface area (Å²) >= 11 is 0. The van der Waals surface area contributed by atoms with Crippen LogP contribution in [0.15, 0.2) is 96.7 Å². The van der Waals surface area contributed by atoms with E-state index < -0.39 is 0 Å². The van der Waals surface area contributed by atoms with Gasteiger partial charge in [-0.05, 0) is 53.8 Å². The van der Waals surface area contributed by atoms with E-state index in [9.17, 15) is 4.91 Å². The van der Waals surface area contributed by atoms with E-state index in [1.807, 2.05) is 30.5 Å². The fourth-order valence-electron chi connectivity index (χ4n) is 3.72. The fraction of sp³-hybridized carbons (Fsp3) is 0.154. The Morgan fingerprint density at radius 1 is 1.03 bits per heavy atom. The minimum atomic E-state index is 0.436. The molecule has 0 bridgehead atoms. The minimum Gasteiger partial charge on any atom is -0.328 e. The molecule has 160 valence electrons. The zero-order valence-corrected chi connectivity index (χ0v) is 17.8. The number of nitroso groups, excluding NO2 is 1. The number of benzene rings is 2. The second-order valence-electron chi connectivity index (χ2n) is 7.59. The Morgan fingerprint density at radius 2 is 1.88 bits per heavy atom. The summed E-state index contributed by atoms with van der Waals surface area (Å²) in [5, 5.41) is 2.63. The molecule has 0 saturated carbocycles. The molecule has 0 amide bonds. The highest BCUT2D eigenvalue weighted by Crippen LogP contribution is 2.21. The Hall–Kier alpha value is -4.06. The second-order valence-corrected chi connectivity index (χ2v) is 7.59. The van der Waals surface area contributed by atoms with Crippen LogP contribution in [0.3, 0.4) is 0 Å². The normalized spacial score (nSPS) is 11.1. The van der Waals surface area contributed by atoms with Crippen molar-refractivity contribution in [3.8, 4) is 0 Å². The van der Waals surface area contributed by atoms with Crippen LogP contribution in [0.5, 0.6) is 0 Å². The van der Waals surface area contributed by atoms with Crippen molar-refractivity contribution >= 4 is 17.1 Å². The van der Waals surface area contributed by atoms with Gasteiger partial charge in [-0.25, -0.2) is 10.4 Å². The Kier molecular flexibility index (Phi) is 6.82. The number of nitrogens with zero attached hydrogens (tertiary/aromatic N) is 4. The van der Waals surface area contributed by atoms with E-state index in [1.165, 1.54) is 11.1 Å². The fourth-order valence-corrected chi connectivity index (χ4v) is 3.72. The van der Waals surface area contributed by atoms with E-state index in [2.05, 4.69) is 69.3 Å². The molecule has 4 aromatic rings. The molecule has 0 fully saturated rings. The summed E-state index contributed by atoms with van der Waals surface area (Å²) in [4.78, 5) is 19.5. The lowest BCUT2D eigenvalue weighted by molar-refractivity contribution is 0.661. The Balaban J connectivity index is 1.61. The highest BCUT2D eigenvalue weighted by Gasteiger charge is 2.12. The monoisotopic (exact) mass is 423 g/mol. The van der Waals surface area contributed by atoms with E-state index in [4.69, 9.17) is 4.98 Å². The first-order chi connectivity index (χ1) is 15.7. The van der Waals surface area contributed by atoms with E-state index in [-0.39, 0.29) is 0 Å². The van der Waals surface area contributed by atoms with Gasteiger partial charge < -0.3 is 4.57 Å². The molecule has 0 aliphatic rings. The van der Waals surface area contributed by atoms with Gasteiger partial charge in [0.05, 0.1) is 22.0 Å². The summed E-state index contributed by atoms with van der Waals surface area (Å²) in [6.45, 7) is 4.57. The molecule has 0 unspecified atom stereocenters. The molecule has 6 heteroatoms. The van der Waals surface area contributed by atoms with Crippen molar-refractivity contribution in [2.75, 3.05) is 0 Å². The maximum Gasteiger partial charge on any atom is 0.110 e. The average Bonchev–Trinajstić information content (AvgIpc) is 3.18. The van der Waals surface area contributed by atoms with Crippen LogP contribution in [-0.4, -0.2) is 14.5 Å². The van der Waals surface area contributed by atoms with Gasteiger partial charge in [-0.15, -0.1) is 4.91 Å². The zero-order valence-electron chi connectivity index (χ0n) is 17.8. The van der Waals surface area contributed by atoms with Crippen LogP contribution in [-0.2, 0) is 25.8 Å². The van der Waals surface area contributed by atoms with Crippen LogP contribution in [0.4, 0.5) is 0 Å². The van der Waals surface area contributed by atoms with Gasteiger partial charge in [0.15, 0.2) is 0 Å². The second kappa shape index (κ2) is 10.3. The minimum absolute atomic E-state index is 0.436. The third-order valence-electron chi connectivity index (χ3n) is 5.34. The van der Waals surface area contributed by atoms with Crippen molar-refractivity contribution in [3.63, 3.8) is 0 Å². The molecule has 0 aliphatic carbocycles. The Labute approximate surface area is 187 Å². The maximum absolute atomic E-state index is 10.3. The summed E-state index contributed by atoms with van der Waals surface area (Å²) in [6.07, 6.45) is 10.0. The van der Waals surface area contributed by atoms with E-state index in [0.717, 1.165) is 48.2 Å². The molecule has 1 N–H and O–H groups in total. The summed E-state index contributed by atoms with van der Waals surface area (Å²) in [6, 6.07) is 20.8. The summed E-state index contributed by atoms with van der Waals surface area (Å²) < 4.78 is 2.32. The van der Waals surface area contributed by atoms with Crippen molar-refractivity contribution in [3.05, 3.63) is 119 Å². The van der Waals surface area contributed by atoms with Gasteiger partial charge in [0.25, 0.3) is 0 Å². The standard InChI is InChI=1S/C26H25N5O/c1-20(29-30-32)9-10-22-11-13-25-24(18-22)28-26(14-12-21-6-3-2-4-7-21)31(25)17-15-23-8-5-16-27-19-23/h2-11,13,16,18-19H,1,12,14-15,17H2,(H,29,32)/b10-9+. The molecule has 0 aliphatic heterocycles. The first-order valence-electron chi connectivity index (χ1n) is 10.6. The predicted octanol–water partition coefficient (Wildman–Crippen LogP) is 5.26. The van der Waals surface area contributed by atoms with Gasteiger partial charge in [0.1, 0.15) is 5.82 Å². The van der Waals surface area contributed by atoms with Gasteiger partial charge in [0, 0.05) is 25.4 Å². The third-order valence-corrected chi connectivity index (χ3v) is 5.34.